The average Bonchev–Trinajstić information content (AvgIpc) is 2.79. The van der Waals surface area contributed by atoms with E-state index in [9.17, 15) is 22.4 Å². The molecule has 18 heavy (non-hydrogen) atoms. The van der Waals surface area contributed by atoms with Crippen molar-refractivity contribution in [3.63, 3.8) is 0 Å². The van der Waals surface area contributed by atoms with Gasteiger partial charge in [-0.15, -0.1) is 0 Å². The van der Waals surface area contributed by atoms with Gasteiger partial charge in [0, 0.05) is 12.0 Å². The van der Waals surface area contributed by atoms with Gasteiger partial charge in [0.2, 0.25) is 5.60 Å². The summed E-state index contributed by atoms with van der Waals surface area (Å²) < 4.78 is 58.3. The van der Waals surface area contributed by atoms with Gasteiger partial charge in [-0.3, -0.25) is 0 Å². The van der Waals surface area contributed by atoms with Crippen LogP contribution in [0.15, 0.2) is 24.8 Å². The molecule has 2 nitrogen and oxygen atoms in total. The highest BCUT2D eigenvalue weighted by Crippen LogP contribution is 2.65. The minimum atomic E-state index is -3.78. The molecule has 0 radical (unpaired) electrons. The molecule has 0 heterocycles. The van der Waals surface area contributed by atoms with E-state index in [0.29, 0.717) is 13.0 Å². The third kappa shape index (κ3) is 1.58. The molecule has 1 saturated carbocycles. The molecule has 1 fully saturated rings. The van der Waals surface area contributed by atoms with Gasteiger partial charge in [0.15, 0.2) is 0 Å². The van der Waals surface area contributed by atoms with Crippen molar-refractivity contribution in [2.75, 3.05) is 0 Å². The van der Waals surface area contributed by atoms with Crippen LogP contribution >= 0.6 is 0 Å². The van der Waals surface area contributed by atoms with Gasteiger partial charge in [0.1, 0.15) is 0 Å². The molecule has 2 rings (SSSR count). The second kappa shape index (κ2) is 3.83. The highest BCUT2D eigenvalue weighted by molar-refractivity contribution is 5.81. The van der Waals surface area contributed by atoms with Crippen LogP contribution in [0.5, 0.6) is 0 Å². The fourth-order valence-corrected chi connectivity index (χ4v) is 2.29. The van der Waals surface area contributed by atoms with E-state index in [1.165, 1.54) is 0 Å². The maximum Gasteiger partial charge on any atom is 0.331 e. The van der Waals surface area contributed by atoms with Crippen molar-refractivity contribution in [3.05, 3.63) is 24.8 Å². The van der Waals surface area contributed by atoms with E-state index in [1.807, 2.05) is 0 Å². The monoisotopic (exact) mass is 264 g/mol. The summed E-state index contributed by atoms with van der Waals surface area (Å²) in [6.07, 6.45) is 0.238. The summed E-state index contributed by atoms with van der Waals surface area (Å²) in [6.45, 7) is 3.58. The lowest BCUT2D eigenvalue weighted by atomic mass is 9.93. The molecule has 0 amide bonds. The van der Waals surface area contributed by atoms with Gasteiger partial charge in [0.05, 0.1) is 0 Å². The van der Waals surface area contributed by atoms with Crippen molar-refractivity contribution in [2.45, 2.75) is 24.9 Å². The quantitative estimate of drug-likeness (QED) is 0.330. The number of esters is 1. The predicted molar refractivity (Wildman–Crippen MR) is 55.3 cm³/mol. The van der Waals surface area contributed by atoms with Gasteiger partial charge < -0.3 is 4.74 Å². The zero-order chi connectivity index (χ0) is 13.7. The SMILES string of the molecule is C=CC(=O)OC(C)(C(F)F)C(F)(F)C1C2C=CC21. The number of ether oxygens (including phenoxy) is 1. The summed E-state index contributed by atoms with van der Waals surface area (Å²) in [5.41, 5.74) is -3.12. The van der Waals surface area contributed by atoms with E-state index >= 15 is 0 Å². The summed E-state index contributed by atoms with van der Waals surface area (Å²) in [4.78, 5) is 11.0. The van der Waals surface area contributed by atoms with Crippen LogP contribution in [0.1, 0.15) is 6.92 Å². The first-order valence-electron chi connectivity index (χ1n) is 5.45. The number of alkyl halides is 4. The van der Waals surface area contributed by atoms with Gasteiger partial charge in [-0.1, -0.05) is 18.7 Å². The van der Waals surface area contributed by atoms with Gasteiger partial charge in [-0.05, 0) is 18.8 Å². The largest absolute Gasteiger partial charge is 0.444 e. The highest BCUT2D eigenvalue weighted by atomic mass is 19.3. The molecule has 2 aliphatic rings. The minimum absolute atomic E-state index is 0.375. The zero-order valence-electron chi connectivity index (χ0n) is 9.58. The lowest BCUT2D eigenvalue weighted by Gasteiger charge is -2.36. The van der Waals surface area contributed by atoms with Crippen molar-refractivity contribution in [3.8, 4) is 0 Å². The molecule has 0 bridgehead atoms. The van der Waals surface area contributed by atoms with E-state index in [0.717, 1.165) is 0 Å². The smallest absolute Gasteiger partial charge is 0.331 e. The van der Waals surface area contributed by atoms with E-state index in [-0.39, 0.29) is 11.8 Å². The summed E-state index contributed by atoms with van der Waals surface area (Å²) >= 11 is 0. The van der Waals surface area contributed by atoms with Crippen LogP contribution in [0, 0.1) is 17.8 Å². The molecule has 3 unspecified atom stereocenters. The molecule has 0 aromatic rings. The second-order valence-electron chi connectivity index (χ2n) is 4.72. The lowest BCUT2D eigenvalue weighted by Crippen LogP contribution is -2.56. The number of carbonyl (C=O) groups is 1. The molecular weight excluding hydrogens is 252 g/mol. The topological polar surface area (TPSA) is 26.3 Å². The predicted octanol–water partition coefficient (Wildman–Crippen LogP) is 2.81. The highest BCUT2D eigenvalue weighted by Gasteiger charge is 2.74. The van der Waals surface area contributed by atoms with Crippen molar-refractivity contribution < 1.29 is 27.1 Å². The molecule has 100 valence electrons. The summed E-state index contributed by atoms with van der Waals surface area (Å²) in [5, 5.41) is 0. The molecule has 6 heteroatoms. The van der Waals surface area contributed by atoms with Crippen LogP contribution in [0.3, 0.4) is 0 Å². The third-order valence-corrected chi connectivity index (χ3v) is 3.66. The molecule has 0 aliphatic heterocycles. The van der Waals surface area contributed by atoms with Crippen LogP contribution < -0.4 is 0 Å². The summed E-state index contributed by atoms with van der Waals surface area (Å²) in [7, 11) is 0. The van der Waals surface area contributed by atoms with Crippen LogP contribution in [0.25, 0.3) is 0 Å². The number of halogens is 4. The Labute approximate surface area is 101 Å². The maximum absolute atomic E-state index is 14.1. The molecular formula is C12H12F4O2. The second-order valence-corrected chi connectivity index (χ2v) is 4.72. The van der Waals surface area contributed by atoms with E-state index < -0.39 is 29.8 Å². The van der Waals surface area contributed by atoms with Gasteiger partial charge in [-0.25, -0.2) is 22.4 Å². The Morgan fingerprint density at radius 2 is 1.89 bits per heavy atom. The standard InChI is InChI=1S/C12H12F4O2/c1-3-8(17)18-11(2,10(13)14)12(15,16)9-6-4-5-7(6)9/h3-7,9-10H,1H2,2H3. The van der Waals surface area contributed by atoms with Gasteiger partial charge in [0.25, 0.3) is 12.3 Å². The fraction of sp³-hybridized carbons (Fsp3) is 0.583. The number of allylic oxidation sites excluding steroid dienone is 2. The first-order valence-corrected chi connectivity index (χ1v) is 5.45. The molecule has 0 aromatic carbocycles. The van der Waals surface area contributed by atoms with Crippen LogP contribution in [-0.2, 0) is 9.53 Å². The maximum atomic E-state index is 14.1. The van der Waals surface area contributed by atoms with Crippen LogP contribution in [-0.4, -0.2) is 23.9 Å². The summed E-state index contributed by atoms with van der Waals surface area (Å²) in [6, 6.07) is 0. The molecule has 3 atom stereocenters. The summed E-state index contributed by atoms with van der Waals surface area (Å²) in [5.74, 6) is -7.01. The van der Waals surface area contributed by atoms with Crippen molar-refractivity contribution in [2.24, 2.45) is 17.8 Å². The Hall–Kier alpha value is -1.33. The molecule has 2 aliphatic carbocycles. The van der Waals surface area contributed by atoms with Gasteiger partial charge >= 0.3 is 5.97 Å². The van der Waals surface area contributed by atoms with E-state index in [4.69, 9.17) is 0 Å². The lowest BCUT2D eigenvalue weighted by molar-refractivity contribution is -0.251. The Balaban J connectivity index is 2.23. The molecule has 0 N–H and O–H groups in total. The van der Waals surface area contributed by atoms with E-state index in [1.54, 1.807) is 12.2 Å². The normalized spacial score (nSPS) is 32.2. The third-order valence-electron chi connectivity index (χ3n) is 3.66. The van der Waals surface area contributed by atoms with Crippen LogP contribution in [0.2, 0.25) is 0 Å². The number of carbonyl (C=O) groups excluding carboxylic acids is 1. The van der Waals surface area contributed by atoms with Gasteiger partial charge in [-0.2, -0.15) is 0 Å². The fourth-order valence-electron chi connectivity index (χ4n) is 2.29. The Morgan fingerprint density at radius 1 is 1.39 bits per heavy atom. The molecule has 0 saturated heterocycles. The average molecular weight is 264 g/mol. The Kier molecular flexibility index (Phi) is 2.79. The number of hydrogen-bond donors (Lipinski definition) is 0. The van der Waals surface area contributed by atoms with Crippen LogP contribution in [0.4, 0.5) is 17.6 Å². The van der Waals surface area contributed by atoms with Crippen molar-refractivity contribution >= 4 is 5.97 Å². The molecule has 0 aromatic heterocycles. The number of hydrogen-bond acceptors (Lipinski definition) is 2. The Morgan fingerprint density at radius 3 is 2.22 bits per heavy atom. The van der Waals surface area contributed by atoms with Crippen molar-refractivity contribution in [1.29, 1.82) is 0 Å². The number of rotatable bonds is 5. The number of fused-ring (bicyclic) bond motifs is 1. The van der Waals surface area contributed by atoms with Crippen molar-refractivity contribution in [1.82, 2.24) is 0 Å². The van der Waals surface area contributed by atoms with E-state index in [2.05, 4.69) is 11.3 Å². The minimum Gasteiger partial charge on any atom is -0.444 e. The first-order chi connectivity index (χ1) is 8.25. The molecule has 0 spiro atoms. The Bertz CT molecular complexity index is 406. The first kappa shape index (κ1) is 13.1. The zero-order valence-corrected chi connectivity index (χ0v) is 9.58.